The minimum Gasteiger partial charge on any atom is -0.469 e. The molecule has 6 nitrogen and oxygen atoms in total. The van der Waals surface area contributed by atoms with Crippen LogP contribution in [0.1, 0.15) is 5.69 Å². The molecule has 0 fully saturated rings. The lowest BCUT2D eigenvalue weighted by Crippen LogP contribution is -2.07. The summed E-state index contributed by atoms with van der Waals surface area (Å²) in [4.78, 5) is 23.7. The number of hydrogen-bond donors (Lipinski definition) is 0. The molecule has 27 heavy (non-hydrogen) atoms. The SMILES string of the molecule is COC(=O)Cc1ccnc(-c2ccc(Oc3ncc(Cl)cc3F)cc2Cl)n1. The molecule has 2 aromatic heterocycles. The molecule has 0 saturated heterocycles. The number of halogens is 3. The Labute approximate surface area is 163 Å². The van der Waals surface area contributed by atoms with Crippen LogP contribution in [0.4, 0.5) is 4.39 Å². The van der Waals surface area contributed by atoms with Crippen molar-refractivity contribution < 1.29 is 18.7 Å². The summed E-state index contributed by atoms with van der Waals surface area (Å²) in [7, 11) is 1.30. The van der Waals surface area contributed by atoms with Crippen LogP contribution in [0.15, 0.2) is 42.7 Å². The van der Waals surface area contributed by atoms with Crippen LogP contribution in [-0.2, 0) is 16.0 Å². The number of benzene rings is 1. The van der Waals surface area contributed by atoms with Crippen molar-refractivity contribution in [3.8, 4) is 23.0 Å². The third kappa shape index (κ3) is 4.69. The lowest BCUT2D eigenvalue weighted by atomic mass is 10.2. The van der Waals surface area contributed by atoms with E-state index in [1.54, 1.807) is 18.2 Å². The van der Waals surface area contributed by atoms with Crippen molar-refractivity contribution >= 4 is 29.2 Å². The van der Waals surface area contributed by atoms with Gasteiger partial charge in [-0.15, -0.1) is 0 Å². The number of methoxy groups -OCH3 is 1. The first-order valence-corrected chi connectivity index (χ1v) is 8.39. The maximum absolute atomic E-state index is 13.8. The lowest BCUT2D eigenvalue weighted by molar-refractivity contribution is -0.139. The Balaban J connectivity index is 1.84. The molecule has 0 aliphatic heterocycles. The summed E-state index contributed by atoms with van der Waals surface area (Å²) < 4.78 is 23.8. The topological polar surface area (TPSA) is 74.2 Å². The smallest absolute Gasteiger partial charge is 0.311 e. The Kier molecular flexibility index (Phi) is 5.83. The second-order valence-electron chi connectivity index (χ2n) is 5.31. The van der Waals surface area contributed by atoms with Gasteiger partial charge in [0.15, 0.2) is 11.6 Å². The van der Waals surface area contributed by atoms with Crippen molar-refractivity contribution in [1.29, 1.82) is 0 Å². The van der Waals surface area contributed by atoms with Gasteiger partial charge >= 0.3 is 5.97 Å². The molecule has 2 heterocycles. The molecule has 3 aromatic rings. The Morgan fingerprint density at radius 1 is 1.19 bits per heavy atom. The van der Waals surface area contributed by atoms with Crippen LogP contribution in [0.2, 0.25) is 10.0 Å². The Hall–Kier alpha value is -2.77. The molecular formula is C18H12Cl2FN3O3. The Morgan fingerprint density at radius 3 is 2.70 bits per heavy atom. The zero-order chi connectivity index (χ0) is 19.4. The van der Waals surface area contributed by atoms with Gasteiger partial charge in [-0.3, -0.25) is 4.79 Å². The highest BCUT2D eigenvalue weighted by molar-refractivity contribution is 6.33. The predicted molar refractivity (Wildman–Crippen MR) is 97.5 cm³/mol. The van der Waals surface area contributed by atoms with E-state index in [1.807, 2.05) is 0 Å². The van der Waals surface area contributed by atoms with Crippen LogP contribution < -0.4 is 4.74 Å². The molecule has 0 aliphatic rings. The molecule has 0 unspecified atom stereocenters. The fraction of sp³-hybridized carbons (Fsp3) is 0.111. The maximum Gasteiger partial charge on any atom is 0.311 e. The fourth-order valence-corrected chi connectivity index (χ4v) is 2.57. The average Bonchev–Trinajstić information content (AvgIpc) is 2.64. The Bertz CT molecular complexity index is 1000. The molecule has 0 bridgehead atoms. The fourth-order valence-electron chi connectivity index (χ4n) is 2.17. The number of esters is 1. The molecule has 1 aromatic carbocycles. The number of carbonyl (C=O) groups is 1. The quantitative estimate of drug-likeness (QED) is 0.579. The highest BCUT2D eigenvalue weighted by atomic mass is 35.5. The van der Waals surface area contributed by atoms with Crippen molar-refractivity contribution in [2.45, 2.75) is 6.42 Å². The molecule has 0 aliphatic carbocycles. The Morgan fingerprint density at radius 2 is 2.00 bits per heavy atom. The molecule has 9 heteroatoms. The van der Waals surface area contributed by atoms with Gasteiger partial charge in [-0.1, -0.05) is 23.2 Å². The van der Waals surface area contributed by atoms with Gasteiger partial charge in [-0.05, 0) is 24.3 Å². The van der Waals surface area contributed by atoms with Crippen LogP contribution >= 0.6 is 23.2 Å². The number of rotatable bonds is 5. The molecule has 0 radical (unpaired) electrons. The molecule has 0 N–H and O–H groups in total. The number of carbonyl (C=O) groups excluding carboxylic acids is 1. The number of pyridine rings is 1. The van der Waals surface area contributed by atoms with Crippen molar-refractivity contribution in [2.24, 2.45) is 0 Å². The summed E-state index contributed by atoms with van der Waals surface area (Å²) in [5.41, 5.74) is 1.02. The summed E-state index contributed by atoms with van der Waals surface area (Å²) in [5, 5.41) is 0.453. The van der Waals surface area contributed by atoms with Gasteiger partial charge < -0.3 is 9.47 Å². The second kappa shape index (κ2) is 8.28. The van der Waals surface area contributed by atoms with E-state index in [0.29, 0.717) is 17.1 Å². The predicted octanol–water partition coefficient (Wildman–Crippen LogP) is 4.49. The van der Waals surface area contributed by atoms with Crippen molar-refractivity contribution in [2.75, 3.05) is 7.11 Å². The molecule has 0 atom stereocenters. The number of hydrogen-bond acceptors (Lipinski definition) is 6. The lowest BCUT2D eigenvalue weighted by Gasteiger charge is -2.09. The van der Waals surface area contributed by atoms with Crippen LogP contribution in [0.3, 0.4) is 0 Å². The van der Waals surface area contributed by atoms with Crippen LogP contribution in [0.5, 0.6) is 11.6 Å². The van der Waals surface area contributed by atoms with E-state index < -0.39 is 11.8 Å². The van der Waals surface area contributed by atoms with Crippen LogP contribution in [-0.4, -0.2) is 28.0 Å². The van der Waals surface area contributed by atoms with E-state index in [9.17, 15) is 9.18 Å². The third-order valence-corrected chi connectivity index (χ3v) is 3.96. The van der Waals surface area contributed by atoms with Crippen LogP contribution in [0, 0.1) is 5.82 Å². The molecule has 0 amide bonds. The van der Waals surface area contributed by atoms with E-state index in [0.717, 1.165) is 6.07 Å². The van der Waals surface area contributed by atoms with Gasteiger partial charge in [0.1, 0.15) is 5.75 Å². The van der Waals surface area contributed by atoms with Crippen molar-refractivity contribution in [3.63, 3.8) is 0 Å². The highest BCUT2D eigenvalue weighted by Crippen LogP contribution is 2.32. The molecule has 138 valence electrons. The van der Waals surface area contributed by atoms with Gasteiger partial charge in [0, 0.05) is 24.0 Å². The van der Waals surface area contributed by atoms with Gasteiger partial charge in [0.25, 0.3) is 5.88 Å². The summed E-state index contributed by atoms with van der Waals surface area (Å²) in [6, 6.07) is 7.40. The summed E-state index contributed by atoms with van der Waals surface area (Å²) in [6.07, 6.45) is 2.82. The first-order valence-electron chi connectivity index (χ1n) is 7.64. The first-order chi connectivity index (χ1) is 13.0. The molecule has 0 spiro atoms. The minimum atomic E-state index is -0.693. The van der Waals surface area contributed by atoms with Crippen LogP contribution in [0.25, 0.3) is 11.4 Å². The average molecular weight is 408 g/mol. The van der Waals surface area contributed by atoms with E-state index in [4.69, 9.17) is 27.9 Å². The first kappa shape index (κ1) is 19.0. The third-order valence-electron chi connectivity index (χ3n) is 3.44. The highest BCUT2D eigenvalue weighted by Gasteiger charge is 2.13. The van der Waals surface area contributed by atoms with Gasteiger partial charge in [0.05, 0.1) is 29.3 Å². The summed E-state index contributed by atoms with van der Waals surface area (Å²) in [6.45, 7) is 0. The largest absolute Gasteiger partial charge is 0.469 e. The van der Waals surface area contributed by atoms with Gasteiger partial charge in [0.2, 0.25) is 0 Å². The number of ether oxygens (including phenoxy) is 2. The maximum atomic E-state index is 13.8. The van der Waals surface area contributed by atoms with Crippen molar-refractivity contribution in [1.82, 2.24) is 15.0 Å². The van der Waals surface area contributed by atoms with E-state index in [1.165, 1.54) is 25.6 Å². The minimum absolute atomic E-state index is 0.0202. The molecule has 0 saturated carbocycles. The van der Waals surface area contributed by atoms with E-state index in [2.05, 4.69) is 19.7 Å². The van der Waals surface area contributed by atoms with Crippen molar-refractivity contribution in [3.05, 3.63) is 64.3 Å². The van der Waals surface area contributed by atoms with E-state index in [-0.39, 0.29) is 28.1 Å². The molecular weight excluding hydrogens is 396 g/mol. The summed E-state index contributed by atoms with van der Waals surface area (Å²) in [5.74, 6) is -0.708. The second-order valence-corrected chi connectivity index (χ2v) is 6.15. The monoisotopic (exact) mass is 407 g/mol. The van der Waals surface area contributed by atoms with Gasteiger partial charge in [-0.25, -0.2) is 19.3 Å². The zero-order valence-electron chi connectivity index (χ0n) is 13.9. The summed E-state index contributed by atoms with van der Waals surface area (Å²) >= 11 is 12.0. The van der Waals surface area contributed by atoms with Gasteiger partial charge in [-0.2, -0.15) is 0 Å². The number of nitrogens with zero attached hydrogens (tertiary/aromatic N) is 3. The number of aromatic nitrogens is 3. The van der Waals surface area contributed by atoms with E-state index >= 15 is 0 Å². The zero-order valence-corrected chi connectivity index (χ0v) is 15.5. The standard InChI is InChI=1S/C18H12Cl2FN3O3/c1-26-16(25)7-11-4-5-22-17(24-11)13-3-2-12(8-14(13)20)27-18-15(21)6-10(19)9-23-18/h2-6,8-9H,7H2,1H3. The molecule has 3 rings (SSSR count). The normalized spacial score (nSPS) is 10.5.